The fourth-order valence-electron chi connectivity index (χ4n) is 5.10. The summed E-state index contributed by atoms with van der Waals surface area (Å²) in [4.78, 5) is 11.6. The first-order valence-electron chi connectivity index (χ1n) is 13.6. The predicted molar refractivity (Wildman–Crippen MR) is 158 cm³/mol. The van der Waals surface area contributed by atoms with Crippen molar-refractivity contribution in [2.24, 2.45) is 0 Å². The summed E-state index contributed by atoms with van der Waals surface area (Å²) >= 11 is 0. The van der Waals surface area contributed by atoms with Crippen molar-refractivity contribution in [2.75, 3.05) is 13.2 Å². The van der Waals surface area contributed by atoms with Crippen LogP contribution in [0.1, 0.15) is 60.8 Å². The number of hydrogen-bond donors (Lipinski definition) is 3. The molecule has 3 N–H and O–H groups in total. The maximum absolute atomic E-state index is 11.6. The Kier molecular flexibility index (Phi) is 9.18. The highest BCUT2D eigenvalue weighted by Crippen LogP contribution is 2.31. The third-order valence-electron chi connectivity index (χ3n) is 7.24. The van der Waals surface area contributed by atoms with Gasteiger partial charge in [-0.15, -0.1) is 0 Å². The van der Waals surface area contributed by atoms with Gasteiger partial charge in [-0.1, -0.05) is 85.8 Å². The summed E-state index contributed by atoms with van der Waals surface area (Å²) in [7, 11) is 0. The molecule has 2 atom stereocenters. The summed E-state index contributed by atoms with van der Waals surface area (Å²) in [6, 6.07) is 28.4. The predicted octanol–water partition coefficient (Wildman–Crippen LogP) is 6.82. The van der Waals surface area contributed by atoms with Gasteiger partial charge in [0.1, 0.15) is 0 Å². The van der Waals surface area contributed by atoms with Crippen molar-refractivity contribution in [3.8, 4) is 11.1 Å². The molecule has 0 aliphatic carbocycles. The molecule has 0 saturated carbocycles. The Bertz CT molecular complexity index is 1430. The van der Waals surface area contributed by atoms with E-state index in [0.29, 0.717) is 18.5 Å². The topological polar surface area (TPSA) is 78.8 Å². The smallest absolute Gasteiger partial charge is 0.335 e. The van der Waals surface area contributed by atoms with E-state index in [1.165, 1.54) is 16.3 Å². The average Bonchev–Trinajstić information content (AvgIpc) is 2.94. The number of aromatic carboxylic acids is 1. The fraction of sp³-hybridized carbons (Fsp3) is 0.324. The van der Waals surface area contributed by atoms with Gasteiger partial charge in [-0.3, -0.25) is 0 Å². The molecule has 0 fully saturated rings. The van der Waals surface area contributed by atoms with Crippen molar-refractivity contribution in [1.82, 2.24) is 5.32 Å². The number of ether oxygens (including phenoxy) is 1. The molecular formula is C34H39NO4. The maximum atomic E-state index is 11.6. The highest BCUT2D eigenvalue weighted by molar-refractivity contribution is 5.90. The standard InChI is InChI=1S/C34H39NO4/c1-5-25-19-28(16-17-32(25)33(37)38)31-13-9-8-12-30(31)23(2)39-22-29(36)21-35-34(3,4)20-24-14-15-26-10-6-7-11-27(26)18-24/h6-19,23,29,35-36H,5,20-22H2,1-4H3,(H,37,38)/t23-,29-/m1/s1. The molecule has 4 aromatic carbocycles. The highest BCUT2D eigenvalue weighted by Gasteiger charge is 2.21. The molecule has 39 heavy (non-hydrogen) atoms. The number of hydrogen-bond acceptors (Lipinski definition) is 4. The normalized spacial score (nSPS) is 13.4. The molecule has 0 spiro atoms. The van der Waals surface area contributed by atoms with Gasteiger partial charge in [0.2, 0.25) is 0 Å². The van der Waals surface area contributed by atoms with Gasteiger partial charge in [0.15, 0.2) is 0 Å². The molecule has 0 heterocycles. The van der Waals surface area contributed by atoms with E-state index in [1.807, 2.05) is 50.2 Å². The van der Waals surface area contributed by atoms with Crippen molar-refractivity contribution >= 4 is 16.7 Å². The minimum atomic E-state index is -0.911. The lowest BCUT2D eigenvalue weighted by atomic mass is 9.93. The van der Waals surface area contributed by atoms with E-state index in [-0.39, 0.29) is 18.2 Å². The minimum absolute atomic E-state index is 0.194. The second-order valence-corrected chi connectivity index (χ2v) is 10.9. The lowest BCUT2D eigenvalue weighted by Gasteiger charge is -2.28. The summed E-state index contributed by atoms with van der Waals surface area (Å²) in [5.74, 6) is -0.911. The number of carboxylic acid groups (broad SMARTS) is 1. The molecular weight excluding hydrogens is 486 g/mol. The van der Waals surface area contributed by atoms with E-state index in [2.05, 4.69) is 61.6 Å². The lowest BCUT2D eigenvalue weighted by molar-refractivity contribution is -0.00397. The summed E-state index contributed by atoms with van der Waals surface area (Å²) in [6.07, 6.45) is 0.582. The molecule has 0 aromatic heterocycles. The van der Waals surface area contributed by atoms with Gasteiger partial charge < -0.3 is 20.3 Å². The van der Waals surface area contributed by atoms with Gasteiger partial charge in [-0.2, -0.15) is 0 Å². The zero-order chi connectivity index (χ0) is 28.0. The number of nitrogens with one attached hydrogen (secondary N) is 1. The van der Waals surface area contributed by atoms with Gasteiger partial charge in [0.05, 0.1) is 24.4 Å². The van der Waals surface area contributed by atoms with Gasteiger partial charge in [0, 0.05) is 12.1 Å². The maximum Gasteiger partial charge on any atom is 0.335 e. The second kappa shape index (κ2) is 12.6. The number of aliphatic hydroxyl groups is 1. The van der Waals surface area contributed by atoms with Crippen LogP contribution in [0.3, 0.4) is 0 Å². The van der Waals surface area contributed by atoms with Crippen LogP contribution >= 0.6 is 0 Å². The Labute approximate surface area is 231 Å². The number of carboxylic acids is 1. The first kappa shape index (κ1) is 28.5. The minimum Gasteiger partial charge on any atom is -0.478 e. The third kappa shape index (κ3) is 7.33. The van der Waals surface area contributed by atoms with Crippen LogP contribution in [0.15, 0.2) is 84.9 Å². The van der Waals surface area contributed by atoms with Crippen molar-refractivity contribution in [2.45, 2.75) is 58.3 Å². The van der Waals surface area contributed by atoms with Gasteiger partial charge >= 0.3 is 5.97 Å². The van der Waals surface area contributed by atoms with Gasteiger partial charge in [-0.25, -0.2) is 4.79 Å². The van der Waals surface area contributed by atoms with Crippen LogP contribution in [0.5, 0.6) is 0 Å². The molecule has 0 unspecified atom stereocenters. The highest BCUT2D eigenvalue weighted by atomic mass is 16.5. The van der Waals surface area contributed by atoms with Crippen molar-refractivity contribution < 1.29 is 19.7 Å². The largest absolute Gasteiger partial charge is 0.478 e. The van der Waals surface area contributed by atoms with Gasteiger partial charge in [-0.05, 0) is 78.3 Å². The quantitative estimate of drug-likeness (QED) is 0.189. The third-order valence-corrected chi connectivity index (χ3v) is 7.24. The molecule has 4 rings (SSSR count). The number of aryl methyl sites for hydroxylation is 1. The number of fused-ring (bicyclic) bond motifs is 1. The zero-order valence-electron chi connectivity index (χ0n) is 23.3. The van der Waals surface area contributed by atoms with Crippen LogP contribution in [0, 0.1) is 0 Å². The number of rotatable bonds is 12. The molecule has 204 valence electrons. The summed E-state index contributed by atoms with van der Waals surface area (Å²) in [5, 5.41) is 26.2. The molecule has 5 heteroatoms. The Balaban J connectivity index is 1.35. The van der Waals surface area contributed by atoms with Crippen molar-refractivity contribution in [3.63, 3.8) is 0 Å². The Morgan fingerprint density at radius 2 is 1.67 bits per heavy atom. The van der Waals surface area contributed by atoms with E-state index in [9.17, 15) is 15.0 Å². The van der Waals surface area contributed by atoms with E-state index in [1.54, 1.807) is 6.07 Å². The van der Waals surface area contributed by atoms with Crippen LogP contribution in [0.4, 0.5) is 0 Å². The number of aliphatic hydroxyl groups excluding tert-OH is 1. The molecule has 0 saturated heterocycles. The van der Waals surface area contributed by atoms with E-state index in [4.69, 9.17) is 4.74 Å². The number of carbonyl (C=O) groups is 1. The van der Waals surface area contributed by atoms with Crippen molar-refractivity contribution in [3.05, 3.63) is 107 Å². The number of β-amino-alcohol motifs (C(OH)–C–C–N with tert-alkyl or cyclic N) is 1. The summed E-state index contributed by atoms with van der Waals surface area (Å²) < 4.78 is 6.12. The molecule has 0 aliphatic heterocycles. The molecule has 0 aliphatic rings. The molecule has 5 nitrogen and oxygen atoms in total. The Morgan fingerprint density at radius 3 is 2.41 bits per heavy atom. The molecule has 4 aromatic rings. The lowest BCUT2D eigenvalue weighted by Crippen LogP contribution is -2.46. The first-order chi connectivity index (χ1) is 18.7. The van der Waals surface area contributed by atoms with E-state index < -0.39 is 12.1 Å². The Hall–Kier alpha value is -3.51. The van der Waals surface area contributed by atoms with E-state index >= 15 is 0 Å². The van der Waals surface area contributed by atoms with Crippen LogP contribution in [0.2, 0.25) is 0 Å². The molecule has 0 radical (unpaired) electrons. The van der Waals surface area contributed by atoms with Crippen LogP contribution in [-0.4, -0.2) is 41.0 Å². The van der Waals surface area contributed by atoms with Crippen molar-refractivity contribution in [1.29, 1.82) is 0 Å². The van der Waals surface area contributed by atoms with E-state index in [0.717, 1.165) is 28.7 Å². The van der Waals surface area contributed by atoms with Crippen LogP contribution in [-0.2, 0) is 17.6 Å². The number of benzene rings is 4. The Morgan fingerprint density at radius 1 is 0.949 bits per heavy atom. The van der Waals surface area contributed by atoms with Crippen LogP contribution in [0.25, 0.3) is 21.9 Å². The summed E-state index contributed by atoms with van der Waals surface area (Å²) in [5.41, 5.74) is 5.16. The summed E-state index contributed by atoms with van der Waals surface area (Å²) in [6.45, 7) is 8.86. The van der Waals surface area contributed by atoms with Gasteiger partial charge in [0.25, 0.3) is 0 Å². The zero-order valence-corrected chi connectivity index (χ0v) is 23.3. The second-order valence-electron chi connectivity index (χ2n) is 10.9. The first-order valence-corrected chi connectivity index (χ1v) is 13.6. The molecule has 0 amide bonds. The fourth-order valence-corrected chi connectivity index (χ4v) is 5.10. The van der Waals surface area contributed by atoms with Crippen LogP contribution < -0.4 is 5.32 Å². The monoisotopic (exact) mass is 525 g/mol. The SMILES string of the molecule is CCc1cc(-c2ccccc2[C@@H](C)OC[C@H](O)CNC(C)(C)Cc2ccc3ccccc3c2)ccc1C(=O)O. The average molecular weight is 526 g/mol. The molecule has 0 bridgehead atoms.